The fraction of sp³-hybridized carbons (Fsp3) is 0.421. The highest BCUT2D eigenvalue weighted by atomic mass is 32.2. The third-order valence-electron chi connectivity index (χ3n) is 4.78. The highest BCUT2D eigenvalue weighted by Crippen LogP contribution is 2.21. The lowest BCUT2D eigenvalue weighted by atomic mass is 10.2. The van der Waals surface area contributed by atoms with Crippen molar-refractivity contribution in [3.05, 3.63) is 46.1 Å². The van der Waals surface area contributed by atoms with Gasteiger partial charge in [-0.25, -0.2) is 9.78 Å². The second-order valence-corrected chi connectivity index (χ2v) is 7.78. The molecule has 10 nitrogen and oxygen atoms in total. The van der Waals surface area contributed by atoms with Gasteiger partial charge in [0.05, 0.1) is 32.0 Å². The third-order valence-corrected chi connectivity index (χ3v) is 5.75. The molecule has 2 aliphatic rings. The predicted octanol–water partition coefficient (Wildman–Crippen LogP) is 0.451. The van der Waals surface area contributed by atoms with Crippen LogP contribution in [0.2, 0.25) is 0 Å². The fourth-order valence-electron chi connectivity index (χ4n) is 3.26. The van der Waals surface area contributed by atoms with E-state index in [9.17, 15) is 14.4 Å². The van der Waals surface area contributed by atoms with Crippen LogP contribution in [0.3, 0.4) is 0 Å². The van der Waals surface area contributed by atoms with E-state index in [1.165, 1.54) is 43.5 Å². The van der Waals surface area contributed by atoms with Crippen LogP contribution in [0.15, 0.2) is 34.6 Å². The molecular weight excluding hydrogens is 412 g/mol. The van der Waals surface area contributed by atoms with Crippen LogP contribution in [0.1, 0.15) is 20.7 Å². The highest BCUT2D eigenvalue weighted by Gasteiger charge is 2.29. The molecule has 30 heavy (non-hydrogen) atoms. The number of methoxy groups -OCH3 is 1. The van der Waals surface area contributed by atoms with Crippen LogP contribution in [0.25, 0.3) is 0 Å². The summed E-state index contributed by atoms with van der Waals surface area (Å²) in [5.74, 6) is 0.306. The van der Waals surface area contributed by atoms with Crippen LogP contribution in [-0.2, 0) is 16.0 Å². The number of carbonyl (C=O) groups is 2. The number of hydrogen-bond acceptors (Lipinski definition) is 9. The van der Waals surface area contributed by atoms with Crippen molar-refractivity contribution in [2.24, 2.45) is 0 Å². The smallest absolute Gasteiger partial charge is 0.339 e. The number of amides is 1. The Hall–Kier alpha value is -2.92. The molecule has 0 aromatic carbocycles. The van der Waals surface area contributed by atoms with Gasteiger partial charge in [0.15, 0.2) is 5.16 Å². The Bertz CT molecular complexity index is 1030. The number of ether oxygens (including phenoxy) is 3. The Kier molecular flexibility index (Phi) is 6.00. The second-order valence-electron chi connectivity index (χ2n) is 6.72. The number of rotatable bonds is 5. The summed E-state index contributed by atoms with van der Waals surface area (Å²) < 4.78 is 17.6. The highest BCUT2D eigenvalue weighted by molar-refractivity contribution is 7.99. The van der Waals surface area contributed by atoms with Gasteiger partial charge < -0.3 is 19.1 Å². The number of fused-ring (bicyclic) bond motifs is 1. The van der Waals surface area contributed by atoms with E-state index in [4.69, 9.17) is 9.47 Å². The molecule has 0 spiro atoms. The molecule has 1 atom stereocenters. The normalized spacial score (nSPS) is 18.0. The van der Waals surface area contributed by atoms with Crippen molar-refractivity contribution in [3.63, 3.8) is 0 Å². The molecule has 4 heterocycles. The Labute approximate surface area is 176 Å². The topological polar surface area (TPSA) is 113 Å². The van der Waals surface area contributed by atoms with Crippen molar-refractivity contribution in [2.45, 2.75) is 17.8 Å². The number of morpholine rings is 1. The lowest BCUT2D eigenvalue weighted by Gasteiger charge is -2.32. The maximum Gasteiger partial charge on any atom is 0.339 e. The van der Waals surface area contributed by atoms with E-state index < -0.39 is 5.97 Å². The van der Waals surface area contributed by atoms with E-state index in [1.807, 2.05) is 0 Å². The maximum atomic E-state index is 12.9. The van der Waals surface area contributed by atoms with E-state index in [2.05, 4.69) is 14.7 Å². The SMILES string of the molecule is COC(=O)c1cncc(OCC2CN(C(=O)c3cnc4n(c3=O)CCS4)CCO2)c1. The largest absolute Gasteiger partial charge is 0.489 e. The average Bonchev–Trinajstić information content (AvgIpc) is 3.27. The summed E-state index contributed by atoms with van der Waals surface area (Å²) in [5, 5.41) is 0.646. The van der Waals surface area contributed by atoms with E-state index in [0.717, 1.165) is 5.75 Å². The van der Waals surface area contributed by atoms with Gasteiger partial charge in [-0.1, -0.05) is 11.8 Å². The van der Waals surface area contributed by atoms with Crippen LogP contribution in [0.4, 0.5) is 0 Å². The molecule has 0 aliphatic carbocycles. The number of thioether (sulfide) groups is 1. The van der Waals surface area contributed by atoms with E-state index in [0.29, 0.717) is 30.6 Å². The summed E-state index contributed by atoms with van der Waals surface area (Å²) >= 11 is 1.50. The van der Waals surface area contributed by atoms with Gasteiger partial charge in [-0.15, -0.1) is 0 Å². The quantitative estimate of drug-likeness (QED) is 0.491. The van der Waals surface area contributed by atoms with Gasteiger partial charge >= 0.3 is 5.97 Å². The second kappa shape index (κ2) is 8.84. The Balaban J connectivity index is 1.40. The first-order valence-electron chi connectivity index (χ1n) is 9.36. The molecule has 2 aromatic heterocycles. The van der Waals surface area contributed by atoms with Crippen molar-refractivity contribution in [2.75, 3.05) is 39.2 Å². The Morgan fingerprint density at radius 2 is 2.17 bits per heavy atom. The van der Waals surface area contributed by atoms with Crippen LogP contribution in [-0.4, -0.2) is 76.6 Å². The summed E-state index contributed by atoms with van der Waals surface area (Å²) in [4.78, 5) is 46.9. The van der Waals surface area contributed by atoms with E-state index in [-0.39, 0.29) is 41.8 Å². The molecule has 0 bridgehead atoms. The fourth-order valence-corrected chi connectivity index (χ4v) is 4.17. The van der Waals surface area contributed by atoms with Gasteiger partial charge in [0, 0.05) is 31.2 Å². The minimum atomic E-state index is -0.508. The molecule has 11 heteroatoms. The van der Waals surface area contributed by atoms with Crippen molar-refractivity contribution in [1.82, 2.24) is 19.4 Å². The first-order valence-corrected chi connectivity index (χ1v) is 10.3. The van der Waals surface area contributed by atoms with Crippen LogP contribution < -0.4 is 10.3 Å². The Morgan fingerprint density at radius 1 is 1.30 bits per heavy atom. The number of pyridine rings is 1. The van der Waals surface area contributed by atoms with Crippen molar-refractivity contribution < 1.29 is 23.8 Å². The van der Waals surface area contributed by atoms with Gasteiger partial charge in [-0.05, 0) is 6.07 Å². The standard InChI is InChI=1S/C19H20N4O6S/c1-27-18(26)12-6-13(8-20-7-12)29-11-14-10-22(2-4-28-14)16(24)15-9-21-19-23(17(15)25)3-5-30-19/h6-9,14H,2-5,10-11H2,1H3. The molecule has 2 aromatic rings. The zero-order valence-electron chi connectivity index (χ0n) is 16.3. The monoisotopic (exact) mass is 432 g/mol. The van der Waals surface area contributed by atoms with Gasteiger partial charge in [-0.3, -0.25) is 19.1 Å². The van der Waals surface area contributed by atoms with E-state index >= 15 is 0 Å². The zero-order chi connectivity index (χ0) is 21.1. The molecule has 0 N–H and O–H groups in total. The summed E-state index contributed by atoms with van der Waals surface area (Å²) in [7, 11) is 1.29. The molecule has 0 radical (unpaired) electrons. The molecule has 158 valence electrons. The lowest BCUT2D eigenvalue weighted by Crippen LogP contribution is -2.49. The molecule has 1 amide bonds. The third kappa shape index (κ3) is 4.17. The predicted molar refractivity (Wildman–Crippen MR) is 106 cm³/mol. The van der Waals surface area contributed by atoms with Gasteiger partial charge in [0.2, 0.25) is 0 Å². The first kappa shape index (κ1) is 20.4. The van der Waals surface area contributed by atoms with Gasteiger partial charge in [-0.2, -0.15) is 0 Å². The molecule has 1 saturated heterocycles. The summed E-state index contributed by atoms with van der Waals surface area (Å²) in [6.45, 7) is 1.71. The minimum Gasteiger partial charge on any atom is -0.489 e. The minimum absolute atomic E-state index is 0.0674. The molecular formula is C19H20N4O6S. The number of hydrogen-bond donors (Lipinski definition) is 0. The summed E-state index contributed by atoms with van der Waals surface area (Å²) in [5.41, 5.74) is 0.0388. The van der Waals surface area contributed by atoms with Gasteiger partial charge in [0.25, 0.3) is 11.5 Å². The molecule has 1 fully saturated rings. The van der Waals surface area contributed by atoms with Crippen LogP contribution in [0.5, 0.6) is 5.75 Å². The summed E-state index contributed by atoms with van der Waals surface area (Å²) in [6.07, 6.45) is 3.84. The number of nitrogens with zero attached hydrogens (tertiary/aromatic N) is 4. The first-order chi connectivity index (χ1) is 14.6. The van der Waals surface area contributed by atoms with Crippen molar-refractivity contribution >= 4 is 23.6 Å². The molecule has 1 unspecified atom stereocenters. The number of aromatic nitrogens is 3. The van der Waals surface area contributed by atoms with Crippen molar-refractivity contribution in [1.29, 1.82) is 0 Å². The lowest BCUT2D eigenvalue weighted by molar-refractivity contribution is -0.0402. The van der Waals surface area contributed by atoms with Crippen LogP contribution >= 0.6 is 11.8 Å². The van der Waals surface area contributed by atoms with E-state index in [1.54, 1.807) is 9.47 Å². The zero-order valence-corrected chi connectivity index (χ0v) is 17.1. The molecule has 4 rings (SSSR count). The van der Waals surface area contributed by atoms with Crippen molar-refractivity contribution in [3.8, 4) is 5.75 Å². The average molecular weight is 432 g/mol. The van der Waals surface area contributed by atoms with Crippen LogP contribution in [0, 0.1) is 0 Å². The summed E-state index contributed by atoms with van der Waals surface area (Å²) in [6, 6.07) is 1.53. The molecule has 2 aliphatic heterocycles. The molecule has 0 saturated carbocycles. The number of carbonyl (C=O) groups excluding carboxylic acids is 2. The Morgan fingerprint density at radius 3 is 3.00 bits per heavy atom. The number of esters is 1. The van der Waals surface area contributed by atoms with Gasteiger partial charge in [0.1, 0.15) is 24.0 Å². The maximum absolute atomic E-state index is 12.9.